The highest BCUT2D eigenvalue weighted by Crippen LogP contribution is 2.31. The zero-order chi connectivity index (χ0) is 13.5. The minimum absolute atomic E-state index is 0.669. The molecule has 0 aliphatic heterocycles. The Morgan fingerprint density at radius 1 is 1.32 bits per heavy atom. The van der Waals surface area contributed by atoms with E-state index in [1.54, 1.807) is 11.8 Å². The van der Waals surface area contributed by atoms with Crippen LogP contribution in [0.4, 0.5) is 0 Å². The van der Waals surface area contributed by atoms with Gasteiger partial charge in [0.25, 0.3) is 0 Å². The molecule has 0 N–H and O–H groups in total. The highest BCUT2D eigenvalue weighted by atomic mass is 32.2. The molecule has 3 heteroatoms. The monoisotopic (exact) mass is 275 g/mol. The number of hydrogen-bond donors (Lipinski definition) is 0. The smallest absolute Gasteiger partial charge is 0.138 e. The average molecular weight is 275 g/mol. The van der Waals surface area contributed by atoms with Gasteiger partial charge in [-0.15, -0.1) is 11.8 Å². The SMILES string of the molecule is CCSc1cccc(OCC2CCCCC2)c1C#N. The molecule has 0 unspecified atom stereocenters. The van der Waals surface area contributed by atoms with E-state index in [1.807, 2.05) is 18.2 Å². The lowest BCUT2D eigenvalue weighted by Crippen LogP contribution is -2.15. The van der Waals surface area contributed by atoms with Crippen LogP contribution in [-0.4, -0.2) is 12.4 Å². The third-order valence-corrected chi connectivity index (χ3v) is 4.54. The summed E-state index contributed by atoms with van der Waals surface area (Å²) in [4.78, 5) is 1.03. The van der Waals surface area contributed by atoms with Gasteiger partial charge in [0.2, 0.25) is 0 Å². The lowest BCUT2D eigenvalue weighted by atomic mass is 9.90. The van der Waals surface area contributed by atoms with Crippen molar-refractivity contribution in [2.24, 2.45) is 5.92 Å². The Morgan fingerprint density at radius 2 is 2.11 bits per heavy atom. The van der Waals surface area contributed by atoms with Crippen molar-refractivity contribution in [3.05, 3.63) is 23.8 Å². The first-order valence-corrected chi connectivity index (χ1v) is 8.12. The Morgan fingerprint density at radius 3 is 2.79 bits per heavy atom. The minimum Gasteiger partial charge on any atom is -0.492 e. The van der Waals surface area contributed by atoms with Crippen LogP contribution >= 0.6 is 11.8 Å². The molecule has 0 heterocycles. The highest BCUT2D eigenvalue weighted by molar-refractivity contribution is 7.99. The molecule has 0 atom stereocenters. The second-order valence-electron chi connectivity index (χ2n) is 4.99. The molecule has 1 aliphatic rings. The second-order valence-corrected chi connectivity index (χ2v) is 6.29. The van der Waals surface area contributed by atoms with E-state index in [0.29, 0.717) is 11.5 Å². The van der Waals surface area contributed by atoms with Crippen LogP contribution in [0.5, 0.6) is 5.75 Å². The van der Waals surface area contributed by atoms with Crippen molar-refractivity contribution in [1.29, 1.82) is 5.26 Å². The van der Waals surface area contributed by atoms with Crippen LogP contribution in [0, 0.1) is 17.2 Å². The molecule has 102 valence electrons. The van der Waals surface area contributed by atoms with Gasteiger partial charge in [0, 0.05) is 4.90 Å². The van der Waals surface area contributed by atoms with Crippen molar-refractivity contribution in [2.45, 2.75) is 43.9 Å². The van der Waals surface area contributed by atoms with Gasteiger partial charge in [0.05, 0.1) is 6.61 Å². The van der Waals surface area contributed by atoms with Crippen LogP contribution in [0.1, 0.15) is 44.6 Å². The average Bonchev–Trinajstić information content (AvgIpc) is 2.46. The van der Waals surface area contributed by atoms with Gasteiger partial charge in [0.1, 0.15) is 17.4 Å². The lowest BCUT2D eigenvalue weighted by Gasteiger charge is -2.22. The molecule has 1 saturated carbocycles. The number of rotatable bonds is 5. The third kappa shape index (κ3) is 3.91. The van der Waals surface area contributed by atoms with Gasteiger partial charge in [-0.25, -0.2) is 0 Å². The number of nitrogens with zero attached hydrogens (tertiary/aromatic N) is 1. The first-order valence-electron chi connectivity index (χ1n) is 7.14. The van der Waals surface area contributed by atoms with Crippen molar-refractivity contribution in [3.63, 3.8) is 0 Å². The number of nitriles is 1. The Bertz CT molecular complexity index is 447. The number of thioether (sulfide) groups is 1. The topological polar surface area (TPSA) is 33.0 Å². The summed E-state index contributed by atoms with van der Waals surface area (Å²) in [5, 5.41) is 9.32. The van der Waals surface area contributed by atoms with Crippen LogP contribution in [0.2, 0.25) is 0 Å². The number of benzene rings is 1. The van der Waals surface area contributed by atoms with E-state index in [1.165, 1.54) is 32.1 Å². The lowest BCUT2D eigenvalue weighted by molar-refractivity contribution is 0.208. The summed E-state index contributed by atoms with van der Waals surface area (Å²) in [7, 11) is 0. The molecule has 2 nitrogen and oxygen atoms in total. The summed E-state index contributed by atoms with van der Waals surface area (Å²) < 4.78 is 5.92. The minimum atomic E-state index is 0.669. The van der Waals surface area contributed by atoms with E-state index in [2.05, 4.69) is 13.0 Å². The molecule has 0 saturated heterocycles. The molecule has 2 rings (SSSR count). The molecule has 1 aliphatic carbocycles. The van der Waals surface area contributed by atoms with Crippen LogP contribution in [-0.2, 0) is 0 Å². The quantitative estimate of drug-likeness (QED) is 0.734. The zero-order valence-corrected chi connectivity index (χ0v) is 12.3. The second kappa shape index (κ2) is 7.45. The van der Waals surface area contributed by atoms with E-state index >= 15 is 0 Å². The normalized spacial score (nSPS) is 16.0. The molecule has 1 aromatic rings. The summed E-state index contributed by atoms with van der Waals surface area (Å²) in [6.45, 7) is 2.86. The van der Waals surface area contributed by atoms with Crippen LogP contribution in [0.25, 0.3) is 0 Å². The van der Waals surface area contributed by atoms with Crippen molar-refractivity contribution in [1.82, 2.24) is 0 Å². The maximum Gasteiger partial charge on any atom is 0.138 e. The van der Waals surface area contributed by atoms with E-state index in [9.17, 15) is 5.26 Å². The summed E-state index contributed by atoms with van der Waals surface area (Å²) >= 11 is 1.70. The first kappa shape index (κ1) is 14.3. The largest absolute Gasteiger partial charge is 0.492 e. The molecule has 0 amide bonds. The molecule has 0 aromatic heterocycles. The third-order valence-electron chi connectivity index (χ3n) is 3.60. The fraction of sp³-hybridized carbons (Fsp3) is 0.562. The predicted molar refractivity (Wildman–Crippen MR) is 79.6 cm³/mol. The predicted octanol–water partition coefficient (Wildman–Crippen LogP) is 4.63. The van der Waals surface area contributed by atoms with Gasteiger partial charge in [-0.1, -0.05) is 32.3 Å². The summed E-state index contributed by atoms with van der Waals surface area (Å²) in [6, 6.07) is 8.19. The summed E-state index contributed by atoms with van der Waals surface area (Å²) in [5.74, 6) is 2.40. The van der Waals surface area contributed by atoms with Gasteiger partial charge in [-0.05, 0) is 36.6 Å². The fourth-order valence-corrected chi connectivity index (χ4v) is 3.36. The molecular formula is C16H21NOS. The maximum atomic E-state index is 9.32. The van der Waals surface area contributed by atoms with E-state index < -0.39 is 0 Å². The summed E-state index contributed by atoms with van der Waals surface area (Å²) in [6.07, 6.45) is 6.55. The van der Waals surface area contributed by atoms with Gasteiger partial charge in [0.15, 0.2) is 0 Å². The number of ether oxygens (including phenoxy) is 1. The van der Waals surface area contributed by atoms with Gasteiger partial charge < -0.3 is 4.74 Å². The van der Waals surface area contributed by atoms with Gasteiger partial charge in [-0.2, -0.15) is 5.26 Å². The maximum absolute atomic E-state index is 9.32. The van der Waals surface area contributed by atoms with Crippen LogP contribution < -0.4 is 4.74 Å². The molecular weight excluding hydrogens is 254 g/mol. The van der Waals surface area contributed by atoms with Crippen LogP contribution in [0.3, 0.4) is 0 Å². The van der Waals surface area contributed by atoms with Crippen LogP contribution in [0.15, 0.2) is 23.1 Å². The molecule has 19 heavy (non-hydrogen) atoms. The van der Waals surface area contributed by atoms with E-state index in [-0.39, 0.29) is 0 Å². The van der Waals surface area contributed by atoms with Gasteiger partial charge >= 0.3 is 0 Å². The molecule has 1 aromatic carbocycles. The number of hydrogen-bond acceptors (Lipinski definition) is 3. The van der Waals surface area contributed by atoms with E-state index in [4.69, 9.17) is 4.74 Å². The van der Waals surface area contributed by atoms with Crippen molar-refractivity contribution >= 4 is 11.8 Å². The summed E-state index contributed by atoms with van der Waals surface area (Å²) in [5.41, 5.74) is 0.699. The molecule has 0 radical (unpaired) electrons. The molecule has 0 spiro atoms. The Kier molecular flexibility index (Phi) is 5.60. The van der Waals surface area contributed by atoms with E-state index in [0.717, 1.165) is 23.0 Å². The van der Waals surface area contributed by atoms with Crippen molar-refractivity contribution in [2.75, 3.05) is 12.4 Å². The first-order chi connectivity index (χ1) is 9.35. The fourth-order valence-electron chi connectivity index (χ4n) is 2.58. The van der Waals surface area contributed by atoms with Gasteiger partial charge in [-0.3, -0.25) is 0 Å². The van der Waals surface area contributed by atoms with Crippen molar-refractivity contribution < 1.29 is 4.74 Å². The Labute approximate surface area is 120 Å². The Balaban J connectivity index is 2.02. The highest BCUT2D eigenvalue weighted by Gasteiger charge is 2.15. The van der Waals surface area contributed by atoms with Crippen molar-refractivity contribution in [3.8, 4) is 11.8 Å². The standard InChI is InChI=1S/C16H21NOS/c1-2-19-16-10-6-9-15(14(16)11-17)18-12-13-7-4-3-5-8-13/h6,9-10,13H,2-5,7-8,12H2,1H3. The zero-order valence-electron chi connectivity index (χ0n) is 11.5. The molecule has 1 fully saturated rings. The Hall–Kier alpha value is -1.14. The molecule has 0 bridgehead atoms.